The second-order valence-electron chi connectivity index (χ2n) is 5.88. The first-order chi connectivity index (χ1) is 13.0. The molecule has 0 radical (unpaired) electrons. The Bertz CT molecular complexity index is 957. The highest BCUT2D eigenvalue weighted by molar-refractivity contribution is 7.99. The van der Waals surface area contributed by atoms with E-state index in [1.807, 2.05) is 38.1 Å². The van der Waals surface area contributed by atoms with Crippen LogP contribution in [0.5, 0.6) is 5.75 Å². The van der Waals surface area contributed by atoms with Gasteiger partial charge in [-0.25, -0.2) is 0 Å². The summed E-state index contributed by atoms with van der Waals surface area (Å²) in [6.45, 7) is 3.87. The van der Waals surface area contributed by atoms with Crippen molar-refractivity contribution in [2.45, 2.75) is 19.1 Å². The Morgan fingerprint density at radius 3 is 2.67 bits per heavy atom. The predicted molar refractivity (Wildman–Crippen MR) is 107 cm³/mol. The SMILES string of the molecule is COc1cc(Cl)c(C)cc1NC(=O)CSc1nnc(-c2ccc(C)cc2)o1. The molecule has 0 aliphatic rings. The maximum absolute atomic E-state index is 12.3. The molecule has 6 nitrogen and oxygen atoms in total. The second-order valence-corrected chi connectivity index (χ2v) is 7.21. The van der Waals surface area contributed by atoms with E-state index in [9.17, 15) is 4.79 Å². The van der Waals surface area contributed by atoms with Gasteiger partial charge in [0.05, 0.1) is 18.6 Å². The van der Waals surface area contributed by atoms with Gasteiger partial charge in [0.25, 0.3) is 5.22 Å². The molecule has 0 saturated heterocycles. The van der Waals surface area contributed by atoms with Crippen LogP contribution in [0.3, 0.4) is 0 Å². The predicted octanol–water partition coefficient (Wildman–Crippen LogP) is 4.75. The van der Waals surface area contributed by atoms with Crippen molar-refractivity contribution in [2.75, 3.05) is 18.2 Å². The summed E-state index contributed by atoms with van der Waals surface area (Å²) in [5.74, 6) is 0.840. The lowest BCUT2D eigenvalue weighted by molar-refractivity contribution is -0.113. The lowest BCUT2D eigenvalue weighted by Crippen LogP contribution is -2.15. The van der Waals surface area contributed by atoms with Crippen LogP contribution < -0.4 is 10.1 Å². The minimum absolute atomic E-state index is 0.125. The van der Waals surface area contributed by atoms with Crippen LogP contribution in [0.25, 0.3) is 11.5 Å². The molecule has 3 aromatic rings. The van der Waals surface area contributed by atoms with E-state index in [0.29, 0.717) is 27.6 Å². The molecule has 1 heterocycles. The summed E-state index contributed by atoms with van der Waals surface area (Å²) < 4.78 is 10.9. The summed E-state index contributed by atoms with van der Waals surface area (Å²) in [5, 5.41) is 11.7. The third kappa shape index (κ3) is 4.81. The van der Waals surface area contributed by atoms with Gasteiger partial charge < -0.3 is 14.5 Å². The maximum Gasteiger partial charge on any atom is 0.277 e. The van der Waals surface area contributed by atoms with Crippen LogP contribution in [-0.2, 0) is 4.79 Å². The fourth-order valence-electron chi connectivity index (χ4n) is 2.32. The average Bonchev–Trinajstić information content (AvgIpc) is 3.12. The highest BCUT2D eigenvalue weighted by atomic mass is 35.5. The van der Waals surface area contributed by atoms with E-state index < -0.39 is 0 Å². The molecule has 0 bridgehead atoms. The lowest BCUT2D eigenvalue weighted by Gasteiger charge is -2.11. The van der Waals surface area contributed by atoms with Crippen LogP contribution in [0.2, 0.25) is 5.02 Å². The molecule has 0 fully saturated rings. The first kappa shape index (κ1) is 19.3. The molecule has 27 heavy (non-hydrogen) atoms. The minimum atomic E-state index is -0.213. The van der Waals surface area contributed by atoms with Crippen LogP contribution in [-0.4, -0.2) is 29.0 Å². The zero-order chi connectivity index (χ0) is 19.4. The van der Waals surface area contributed by atoms with Crippen molar-refractivity contribution in [1.82, 2.24) is 10.2 Å². The number of halogens is 1. The molecular weight excluding hydrogens is 386 g/mol. The Morgan fingerprint density at radius 2 is 1.96 bits per heavy atom. The third-order valence-corrected chi connectivity index (χ3v) is 5.01. The largest absolute Gasteiger partial charge is 0.495 e. The summed E-state index contributed by atoms with van der Waals surface area (Å²) in [4.78, 5) is 12.3. The van der Waals surface area contributed by atoms with Crippen LogP contribution in [0.1, 0.15) is 11.1 Å². The van der Waals surface area contributed by atoms with Crippen LogP contribution >= 0.6 is 23.4 Å². The number of hydrogen-bond donors (Lipinski definition) is 1. The van der Waals surface area contributed by atoms with Crippen molar-refractivity contribution < 1.29 is 13.9 Å². The molecular formula is C19H18ClN3O3S. The van der Waals surface area contributed by atoms with E-state index in [1.54, 1.807) is 12.1 Å². The molecule has 0 unspecified atom stereocenters. The molecule has 1 aromatic heterocycles. The summed E-state index contributed by atoms with van der Waals surface area (Å²) in [5.41, 5.74) is 3.40. The van der Waals surface area contributed by atoms with Gasteiger partial charge in [-0.05, 0) is 37.6 Å². The van der Waals surface area contributed by atoms with E-state index in [0.717, 1.165) is 16.7 Å². The molecule has 0 aliphatic carbocycles. The fraction of sp³-hybridized carbons (Fsp3) is 0.211. The number of rotatable bonds is 6. The third-order valence-electron chi connectivity index (χ3n) is 3.79. The Kier molecular flexibility index (Phi) is 6.03. The van der Waals surface area contributed by atoms with Crippen molar-refractivity contribution in [3.8, 4) is 17.2 Å². The molecule has 140 valence electrons. The summed E-state index contributed by atoms with van der Waals surface area (Å²) in [6.07, 6.45) is 0. The van der Waals surface area contributed by atoms with E-state index in [-0.39, 0.29) is 11.7 Å². The van der Waals surface area contributed by atoms with Gasteiger partial charge in [-0.2, -0.15) is 0 Å². The zero-order valence-corrected chi connectivity index (χ0v) is 16.6. The first-order valence-electron chi connectivity index (χ1n) is 8.13. The normalized spacial score (nSPS) is 10.7. The van der Waals surface area contributed by atoms with E-state index in [1.165, 1.54) is 18.9 Å². The molecule has 0 saturated carbocycles. The number of carbonyl (C=O) groups excluding carboxylic acids is 1. The van der Waals surface area contributed by atoms with Gasteiger partial charge in [0.1, 0.15) is 5.75 Å². The molecule has 0 spiro atoms. The minimum Gasteiger partial charge on any atom is -0.495 e. The van der Waals surface area contributed by atoms with Gasteiger partial charge in [0, 0.05) is 16.7 Å². The van der Waals surface area contributed by atoms with E-state index >= 15 is 0 Å². The Balaban J connectivity index is 1.62. The quantitative estimate of drug-likeness (QED) is 0.598. The number of benzene rings is 2. The number of anilines is 1. The van der Waals surface area contributed by atoms with Gasteiger partial charge in [0.15, 0.2) is 0 Å². The Hall–Kier alpha value is -2.51. The number of nitrogens with one attached hydrogen (secondary N) is 1. The van der Waals surface area contributed by atoms with Crippen molar-refractivity contribution >= 4 is 35.0 Å². The number of ether oxygens (including phenoxy) is 1. The monoisotopic (exact) mass is 403 g/mol. The summed E-state index contributed by atoms with van der Waals surface area (Å²) in [6, 6.07) is 11.2. The molecule has 8 heteroatoms. The van der Waals surface area contributed by atoms with Gasteiger partial charge in [-0.15, -0.1) is 10.2 Å². The topological polar surface area (TPSA) is 77.2 Å². The number of aryl methyl sites for hydroxylation is 2. The molecule has 0 atom stereocenters. The number of methoxy groups -OCH3 is 1. The van der Waals surface area contributed by atoms with Gasteiger partial charge in [-0.3, -0.25) is 4.79 Å². The van der Waals surface area contributed by atoms with Gasteiger partial charge in [-0.1, -0.05) is 41.1 Å². The number of nitrogens with zero attached hydrogens (tertiary/aromatic N) is 2. The lowest BCUT2D eigenvalue weighted by atomic mass is 10.1. The van der Waals surface area contributed by atoms with Crippen LogP contribution in [0.4, 0.5) is 5.69 Å². The molecule has 1 N–H and O–H groups in total. The average molecular weight is 404 g/mol. The molecule has 0 aliphatic heterocycles. The number of aromatic nitrogens is 2. The highest BCUT2D eigenvalue weighted by Crippen LogP contribution is 2.31. The zero-order valence-electron chi connectivity index (χ0n) is 15.1. The van der Waals surface area contributed by atoms with Crippen LogP contribution in [0, 0.1) is 13.8 Å². The van der Waals surface area contributed by atoms with Crippen molar-refractivity contribution in [3.63, 3.8) is 0 Å². The molecule has 2 aromatic carbocycles. The van der Waals surface area contributed by atoms with E-state index in [2.05, 4.69) is 15.5 Å². The number of carbonyl (C=O) groups is 1. The smallest absolute Gasteiger partial charge is 0.277 e. The number of hydrogen-bond acceptors (Lipinski definition) is 6. The van der Waals surface area contributed by atoms with Gasteiger partial charge >= 0.3 is 0 Å². The first-order valence-corrected chi connectivity index (χ1v) is 9.50. The number of amides is 1. The summed E-state index contributed by atoms with van der Waals surface area (Å²) in [7, 11) is 1.52. The maximum atomic E-state index is 12.3. The van der Waals surface area contributed by atoms with Crippen molar-refractivity contribution in [1.29, 1.82) is 0 Å². The van der Waals surface area contributed by atoms with Gasteiger partial charge in [0.2, 0.25) is 11.8 Å². The second kappa shape index (κ2) is 8.45. The Labute approximate surface area is 166 Å². The van der Waals surface area contributed by atoms with Crippen molar-refractivity contribution in [2.24, 2.45) is 0 Å². The van der Waals surface area contributed by atoms with Crippen molar-refractivity contribution in [3.05, 3.63) is 52.5 Å². The standard InChI is InChI=1S/C19H18ClN3O3S/c1-11-4-6-13(7-5-11)18-22-23-19(26-18)27-10-17(24)21-15-8-12(2)14(20)9-16(15)25-3/h4-9H,10H2,1-3H3,(H,21,24). The number of thioether (sulfide) groups is 1. The molecule has 1 amide bonds. The molecule has 3 rings (SSSR count). The van der Waals surface area contributed by atoms with Crippen LogP contribution in [0.15, 0.2) is 46.0 Å². The highest BCUT2D eigenvalue weighted by Gasteiger charge is 2.14. The fourth-order valence-corrected chi connectivity index (χ4v) is 3.04. The van der Waals surface area contributed by atoms with E-state index in [4.69, 9.17) is 20.8 Å². The Morgan fingerprint density at radius 1 is 1.22 bits per heavy atom. The summed E-state index contributed by atoms with van der Waals surface area (Å²) >= 11 is 7.25.